The molecule has 2 rings (SSSR count). The molecule has 0 aliphatic carbocycles. The number of amides is 1. The zero-order valence-electron chi connectivity index (χ0n) is 11.8. The number of hydrogen-bond donors (Lipinski definition) is 3. The Kier molecular flexibility index (Phi) is 4.39. The highest BCUT2D eigenvalue weighted by Crippen LogP contribution is 2.21. The molecule has 1 saturated heterocycles. The molecule has 0 unspecified atom stereocenters. The summed E-state index contributed by atoms with van der Waals surface area (Å²) in [7, 11) is 0. The van der Waals surface area contributed by atoms with Gasteiger partial charge in [0.05, 0.1) is 11.5 Å². The van der Waals surface area contributed by atoms with E-state index in [2.05, 4.69) is 10.6 Å². The van der Waals surface area contributed by atoms with E-state index in [1.165, 1.54) is 6.07 Å². The number of hydrogen-bond acceptors (Lipinski definition) is 3. The molecule has 1 amide bonds. The van der Waals surface area contributed by atoms with Gasteiger partial charge >= 0.3 is 5.97 Å². The number of carbonyl (C=O) groups excluding carboxylic acids is 1. The summed E-state index contributed by atoms with van der Waals surface area (Å²) >= 11 is 0. The monoisotopic (exact) mass is 276 g/mol. The number of carboxylic acids is 1. The lowest BCUT2D eigenvalue weighted by molar-refractivity contribution is -0.120. The third kappa shape index (κ3) is 3.17. The Balaban J connectivity index is 2.16. The Morgan fingerprint density at radius 3 is 2.70 bits per heavy atom. The van der Waals surface area contributed by atoms with Crippen molar-refractivity contribution in [3.63, 3.8) is 0 Å². The normalized spacial score (nSPS) is 18.6. The van der Waals surface area contributed by atoms with Crippen molar-refractivity contribution in [3.05, 3.63) is 28.8 Å². The number of anilines is 1. The predicted molar refractivity (Wildman–Crippen MR) is 77.1 cm³/mol. The molecule has 0 bridgehead atoms. The van der Waals surface area contributed by atoms with Crippen LogP contribution in [0, 0.1) is 19.8 Å². The molecule has 1 aromatic carbocycles. The fourth-order valence-corrected chi connectivity index (χ4v) is 2.47. The standard InChI is InChI=1S/C15H20N2O3/c1-9-6-12(7-13(10(9)2)15(19)20)17-14(18)11-4-3-5-16-8-11/h6-7,11,16H,3-5,8H2,1-2H3,(H,17,18)(H,19,20)/t11-/m0/s1. The molecule has 108 valence electrons. The van der Waals surface area contributed by atoms with Gasteiger partial charge in [0.15, 0.2) is 0 Å². The second kappa shape index (κ2) is 6.05. The lowest BCUT2D eigenvalue weighted by Crippen LogP contribution is -2.37. The quantitative estimate of drug-likeness (QED) is 0.788. The van der Waals surface area contributed by atoms with Gasteiger partial charge in [-0.05, 0) is 56.5 Å². The van der Waals surface area contributed by atoms with Crippen LogP contribution in [0.15, 0.2) is 12.1 Å². The zero-order chi connectivity index (χ0) is 14.7. The fourth-order valence-electron chi connectivity index (χ4n) is 2.47. The van der Waals surface area contributed by atoms with Crippen LogP contribution in [0.25, 0.3) is 0 Å². The largest absolute Gasteiger partial charge is 0.478 e. The molecule has 1 fully saturated rings. The summed E-state index contributed by atoms with van der Waals surface area (Å²) in [5.41, 5.74) is 2.39. The van der Waals surface area contributed by atoms with E-state index in [0.717, 1.165) is 30.5 Å². The Labute approximate surface area is 118 Å². The van der Waals surface area contributed by atoms with E-state index in [9.17, 15) is 14.7 Å². The summed E-state index contributed by atoms with van der Waals surface area (Å²) in [6.45, 7) is 5.26. The molecule has 0 radical (unpaired) electrons. The highest BCUT2D eigenvalue weighted by Gasteiger charge is 2.21. The molecular weight excluding hydrogens is 256 g/mol. The Bertz CT molecular complexity index is 534. The lowest BCUT2D eigenvalue weighted by Gasteiger charge is -2.22. The minimum Gasteiger partial charge on any atom is -0.478 e. The van der Waals surface area contributed by atoms with Gasteiger partial charge in [-0.25, -0.2) is 4.79 Å². The van der Waals surface area contributed by atoms with E-state index in [4.69, 9.17) is 0 Å². The predicted octanol–water partition coefficient (Wildman–Crippen LogP) is 1.94. The summed E-state index contributed by atoms with van der Waals surface area (Å²) in [5, 5.41) is 15.2. The van der Waals surface area contributed by atoms with Gasteiger partial charge in [0.1, 0.15) is 0 Å². The van der Waals surface area contributed by atoms with Gasteiger partial charge in [0, 0.05) is 12.2 Å². The van der Waals surface area contributed by atoms with E-state index in [-0.39, 0.29) is 17.4 Å². The molecule has 0 saturated carbocycles. The van der Waals surface area contributed by atoms with Crippen LogP contribution in [0.4, 0.5) is 5.69 Å². The number of piperidine rings is 1. The van der Waals surface area contributed by atoms with E-state index < -0.39 is 5.97 Å². The molecule has 20 heavy (non-hydrogen) atoms. The first-order chi connectivity index (χ1) is 9.49. The molecule has 0 spiro atoms. The molecule has 1 atom stereocenters. The first-order valence-electron chi connectivity index (χ1n) is 6.85. The molecule has 5 nitrogen and oxygen atoms in total. The molecule has 1 aliphatic rings. The van der Waals surface area contributed by atoms with Crippen LogP contribution >= 0.6 is 0 Å². The average molecular weight is 276 g/mol. The van der Waals surface area contributed by atoms with Crippen LogP contribution in [0.5, 0.6) is 0 Å². The number of rotatable bonds is 3. The van der Waals surface area contributed by atoms with Crippen molar-refractivity contribution >= 4 is 17.6 Å². The molecule has 1 heterocycles. The zero-order valence-corrected chi connectivity index (χ0v) is 11.8. The number of aromatic carboxylic acids is 1. The van der Waals surface area contributed by atoms with Crippen molar-refractivity contribution in [2.75, 3.05) is 18.4 Å². The third-order valence-corrected chi connectivity index (χ3v) is 3.83. The Hall–Kier alpha value is -1.88. The second-order valence-electron chi connectivity index (χ2n) is 5.30. The maximum Gasteiger partial charge on any atom is 0.336 e. The lowest BCUT2D eigenvalue weighted by atomic mass is 9.98. The van der Waals surface area contributed by atoms with Gasteiger partial charge in [-0.3, -0.25) is 4.79 Å². The first-order valence-corrected chi connectivity index (χ1v) is 6.85. The molecule has 3 N–H and O–H groups in total. The second-order valence-corrected chi connectivity index (χ2v) is 5.30. The van der Waals surface area contributed by atoms with Crippen LogP contribution in [-0.4, -0.2) is 30.1 Å². The van der Waals surface area contributed by atoms with Crippen molar-refractivity contribution < 1.29 is 14.7 Å². The van der Waals surface area contributed by atoms with Crippen LogP contribution < -0.4 is 10.6 Å². The third-order valence-electron chi connectivity index (χ3n) is 3.83. The maximum absolute atomic E-state index is 12.1. The highest BCUT2D eigenvalue weighted by molar-refractivity contribution is 5.96. The van der Waals surface area contributed by atoms with Crippen molar-refractivity contribution in [2.24, 2.45) is 5.92 Å². The van der Waals surface area contributed by atoms with Crippen LogP contribution in [0.1, 0.15) is 34.3 Å². The van der Waals surface area contributed by atoms with Gasteiger partial charge in [-0.15, -0.1) is 0 Å². The van der Waals surface area contributed by atoms with Crippen molar-refractivity contribution in [2.45, 2.75) is 26.7 Å². The minimum atomic E-state index is -0.971. The molecular formula is C15H20N2O3. The molecule has 1 aliphatic heterocycles. The maximum atomic E-state index is 12.1. The summed E-state index contributed by atoms with van der Waals surface area (Å²) in [5.74, 6) is -1.06. The van der Waals surface area contributed by atoms with Crippen LogP contribution in [0.2, 0.25) is 0 Å². The number of carbonyl (C=O) groups is 2. The molecule has 0 aromatic heterocycles. The number of carboxylic acid groups (broad SMARTS) is 1. The Morgan fingerprint density at radius 1 is 1.35 bits per heavy atom. The van der Waals surface area contributed by atoms with E-state index in [1.807, 2.05) is 13.0 Å². The minimum absolute atomic E-state index is 0.0429. The van der Waals surface area contributed by atoms with Gasteiger partial charge in [0.25, 0.3) is 0 Å². The van der Waals surface area contributed by atoms with Gasteiger partial charge < -0.3 is 15.7 Å². The molecule has 1 aromatic rings. The summed E-state index contributed by atoms with van der Waals surface area (Å²) in [6, 6.07) is 3.34. The van der Waals surface area contributed by atoms with Gasteiger partial charge in [-0.2, -0.15) is 0 Å². The SMILES string of the molecule is Cc1cc(NC(=O)[C@H]2CCCNC2)cc(C(=O)O)c1C. The summed E-state index contributed by atoms with van der Waals surface area (Å²) in [6.07, 6.45) is 1.86. The van der Waals surface area contributed by atoms with Crippen molar-refractivity contribution in [3.8, 4) is 0 Å². The highest BCUT2D eigenvalue weighted by atomic mass is 16.4. The topological polar surface area (TPSA) is 78.4 Å². The van der Waals surface area contributed by atoms with E-state index in [0.29, 0.717) is 12.2 Å². The smallest absolute Gasteiger partial charge is 0.336 e. The van der Waals surface area contributed by atoms with E-state index in [1.54, 1.807) is 6.92 Å². The van der Waals surface area contributed by atoms with Crippen molar-refractivity contribution in [1.82, 2.24) is 5.32 Å². The first kappa shape index (κ1) is 14.5. The van der Waals surface area contributed by atoms with Crippen LogP contribution in [-0.2, 0) is 4.79 Å². The van der Waals surface area contributed by atoms with Crippen molar-refractivity contribution in [1.29, 1.82) is 0 Å². The summed E-state index contributed by atoms with van der Waals surface area (Å²) in [4.78, 5) is 23.3. The Morgan fingerprint density at radius 2 is 2.10 bits per heavy atom. The number of aryl methyl sites for hydroxylation is 1. The molecule has 5 heteroatoms. The number of benzene rings is 1. The fraction of sp³-hybridized carbons (Fsp3) is 0.467. The van der Waals surface area contributed by atoms with Gasteiger partial charge in [0.2, 0.25) is 5.91 Å². The van der Waals surface area contributed by atoms with Gasteiger partial charge in [-0.1, -0.05) is 0 Å². The van der Waals surface area contributed by atoms with Crippen LogP contribution in [0.3, 0.4) is 0 Å². The average Bonchev–Trinajstić information content (AvgIpc) is 2.43. The van der Waals surface area contributed by atoms with E-state index >= 15 is 0 Å². The summed E-state index contributed by atoms with van der Waals surface area (Å²) < 4.78 is 0. The number of nitrogens with one attached hydrogen (secondary N) is 2.